The van der Waals surface area contributed by atoms with Gasteiger partial charge in [0, 0.05) is 29.5 Å². The van der Waals surface area contributed by atoms with Gasteiger partial charge in [0.05, 0.1) is 10.9 Å². The summed E-state index contributed by atoms with van der Waals surface area (Å²) in [6.07, 6.45) is 6.35. The number of pyridine rings is 2. The van der Waals surface area contributed by atoms with Gasteiger partial charge in [0.25, 0.3) is 0 Å². The molecule has 2 rings (SSSR count). The predicted octanol–water partition coefficient (Wildman–Crippen LogP) is 3.05. The van der Waals surface area contributed by atoms with Gasteiger partial charge in [-0.05, 0) is 30.7 Å². The maximum Gasteiger partial charge on any atom is 0.0668 e. The molecule has 2 aromatic heterocycles. The predicted molar refractivity (Wildman–Crippen MR) is 75.3 cm³/mol. The fraction of sp³-hybridized carbons (Fsp3) is 0.286. The third-order valence-electron chi connectivity index (χ3n) is 2.75. The van der Waals surface area contributed by atoms with E-state index in [4.69, 9.17) is 5.73 Å². The van der Waals surface area contributed by atoms with E-state index in [1.54, 1.807) is 24.2 Å². The summed E-state index contributed by atoms with van der Waals surface area (Å²) >= 11 is 1.75. The van der Waals surface area contributed by atoms with E-state index in [1.165, 1.54) is 4.90 Å². The molecule has 0 saturated heterocycles. The van der Waals surface area contributed by atoms with Crippen LogP contribution in [0.15, 0.2) is 53.8 Å². The molecule has 2 atom stereocenters. The molecule has 2 N–H and O–H groups in total. The van der Waals surface area contributed by atoms with Crippen LogP contribution in [0.4, 0.5) is 0 Å². The Balaban J connectivity index is 2.21. The number of nitrogens with two attached hydrogens (primary N) is 1. The molecule has 0 saturated carbocycles. The van der Waals surface area contributed by atoms with Gasteiger partial charge in [-0.2, -0.15) is 0 Å². The topological polar surface area (TPSA) is 51.8 Å². The minimum absolute atomic E-state index is 0.0954. The summed E-state index contributed by atoms with van der Waals surface area (Å²) in [5.74, 6) is 0. The molecule has 2 aromatic rings. The molecule has 0 aliphatic heterocycles. The van der Waals surface area contributed by atoms with Crippen LogP contribution in [0, 0.1) is 0 Å². The minimum Gasteiger partial charge on any atom is -0.326 e. The molecule has 2 heterocycles. The highest BCUT2D eigenvalue weighted by molar-refractivity contribution is 7.99. The lowest BCUT2D eigenvalue weighted by atomic mass is 10.1. The SMILES string of the molecule is CCC(N)C(Sc1ccncc1)c1ccccn1. The molecule has 0 aromatic carbocycles. The first-order valence-corrected chi connectivity index (χ1v) is 6.92. The molecule has 0 radical (unpaired) electrons. The quantitative estimate of drug-likeness (QED) is 0.838. The van der Waals surface area contributed by atoms with E-state index in [2.05, 4.69) is 16.9 Å². The van der Waals surface area contributed by atoms with Crippen LogP contribution >= 0.6 is 11.8 Å². The third-order valence-corrected chi connectivity index (χ3v) is 4.14. The van der Waals surface area contributed by atoms with E-state index < -0.39 is 0 Å². The van der Waals surface area contributed by atoms with Crippen molar-refractivity contribution >= 4 is 11.8 Å². The van der Waals surface area contributed by atoms with Crippen molar-refractivity contribution < 1.29 is 0 Å². The molecule has 0 aliphatic rings. The van der Waals surface area contributed by atoms with E-state index in [9.17, 15) is 0 Å². The van der Waals surface area contributed by atoms with E-state index >= 15 is 0 Å². The summed E-state index contributed by atoms with van der Waals surface area (Å²) in [6, 6.07) is 10.1. The molecule has 4 heteroatoms. The second kappa shape index (κ2) is 6.52. The van der Waals surface area contributed by atoms with Crippen molar-refractivity contribution in [2.24, 2.45) is 5.73 Å². The van der Waals surface area contributed by atoms with E-state index in [0.29, 0.717) is 0 Å². The first-order chi connectivity index (χ1) is 8.81. The maximum absolute atomic E-state index is 6.22. The Morgan fingerprint density at radius 3 is 2.56 bits per heavy atom. The highest BCUT2D eigenvalue weighted by Crippen LogP contribution is 2.36. The molecular weight excluding hydrogens is 242 g/mol. The minimum atomic E-state index is 0.0954. The van der Waals surface area contributed by atoms with Crippen LogP contribution in [0.2, 0.25) is 0 Å². The highest BCUT2D eigenvalue weighted by atomic mass is 32.2. The average Bonchev–Trinajstić information content (AvgIpc) is 2.46. The fourth-order valence-electron chi connectivity index (χ4n) is 1.69. The number of thioether (sulfide) groups is 1. The summed E-state index contributed by atoms with van der Waals surface area (Å²) in [7, 11) is 0. The molecule has 18 heavy (non-hydrogen) atoms. The van der Waals surface area contributed by atoms with Crippen LogP contribution < -0.4 is 5.73 Å². The smallest absolute Gasteiger partial charge is 0.0668 e. The monoisotopic (exact) mass is 259 g/mol. The van der Waals surface area contributed by atoms with E-state index in [0.717, 1.165) is 12.1 Å². The molecule has 0 aliphatic carbocycles. The molecule has 94 valence electrons. The lowest BCUT2D eigenvalue weighted by Crippen LogP contribution is -2.26. The van der Waals surface area contributed by atoms with Crippen LogP contribution in [0.3, 0.4) is 0 Å². The van der Waals surface area contributed by atoms with Crippen molar-refractivity contribution in [2.45, 2.75) is 29.5 Å². The van der Waals surface area contributed by atoms with Crippen LogP contribution in [0.25, 0.3) is 0 Å². The maximum atomic E-state index is 6.22. The zero-order valence-electron chi connectivity index (χ0n) is 10.4. The van der Waals surface area contributed by atoms with Gasteiger partial charge in [0.1, 0.15) is 0 Å². The molecule has 2 unspecified atom stereocenters. The Bertz CT molecular complexity index is 461. The van der Waals surface area contributed by atoms with Crippen molar-refractivity contribution in [1.82, 2.24) is 9.97 Å². The second-order valence-electron chi connectivity index (χ2n) is 4.05. The second-order valence-corrected chi connectivity index (χ2v) is 5.26. The Hall–Kier alpha value is -1.39. The standard InChI is InChI=1S/C14H17N3S/c1-2-12(15)14(13-5-3-4-8-17-13)18-11-6-9-16-10-7-11/h3-10,12,14H,2,15H2,1H3. The first kappa shape index (κ1) is 13.1. The summed E-state index contributed by atoms with van der Waals surface area (Å²) < 4.78 is 0. The number of aromatic nitrogens is 2. The largest absolute Gasteiger partial charge is 0.326 e. The highest BCUT2D eigenvalue weighted by Gasteiger charge is 2.20. The summed E-state index contributed by atoms with van der Waals surface area (Å²) in [5.41, 5.74) is 7.26. The Morgan fingerprint density at radius 2 is 1.94 bits per heavy atom. The normalized spacial score (nSPS) is 14.1. The van der Waals surface area contributed by atoms with Gasteiger partial charge >= 0.3 is 0 Å². The van der Waals surface area contributed by atoms with Gasteiger partial charge in [-0.1, -0.05) is 13.0 Å². The van der Waals surface area contributed by atoms with Crippen LogP contribution in [-0.2, 0) is 0 Å². The van der Waals surface area contributed by atoms with Crippen molar-refractivity contribution in [3.05, 3.63) is 54.6 Å². The summed E-state index contributed by atoms with van der Waals surface area (Å²) in [6.45, 7) is 2.10. The van der Waals surface area contributed by atoms with Gasteiger partial charge in [-0.15, -0.1) is 11.8 Å². The number of hydrogen-bond acceptors (Lipinski definition) is 4. The lowest BCUT2D eigenvalue weighted by Gasteiger charge is -2.21. The van der Waals surface area contributed by atoms with Crippen LogP contribution in [0.1, 0.15) is 24.3 Å². The van der Waals surface area contributed by atoms with Crippen LogP contribution in [-0.4, -0.2) is 16.0 Å². The van der Waals surface area contributed by atoms with Gasteiger partial charge in [-0.3, -0.25) is 9.97 Å². The summed E-state index contributed by atoms with van der Waals surface area (Å²) in [4.78, 5) is 9.63. The molecule has 0 bridgehead atoms. The lowest BCUT2D eigenvalue weighted by molar-refractivity contribution is 0.624. The zero-order valence-corrected chi connectivity index (χ0v) is 11.2. The molecule has 0 spiro atoms. The van der Waals surface area contributed by atoms with Crippen LogP contribution in [0.5, 0.6) is 0 Å². The molecule has 0 fully saturated rings. The van der Waals surface area contributed by atoms with Crippen molar-refractivity contribution in [3.8, 4) is 0 Å². The fourth-order valence-corrected chi connectivity index (χ4v) is 2.89. The first-order valence-electron chi connectivity index (χ1n) is 6.04. The number of hydrogen-bond donors (Lipinski definition) is 1. The number of rotatable bonds is 5. The summed E-state index contributed by atoms with van der Waals surface area (Å²) in [5, 5.41) is 0.179. The van der Waals surface area contributed by atoms with Gasteiger partial charge < -0.3 is 5.73 Å². The van der Waals surface area contributed by atoms with Gasteiger partial charge in [0.15, 0.2) is 0 Å². The van der Waals surface area contributed by atoms with E-state index in [-0.39, 0.29) is 11.3 Å². The van der Waals surface area contributed by atoms with Crippen molar-refractivity contribution in [3.63, 3.8) is 0 Å². The van der Waals surface area contributed by atoms with Crippen molar-refractivity contribution in [2.75, 3.05) is 0 Å². The van der Waals surface area contributed by atoms with Crippen molar-refractivity contribution in [1.29, 1.82) is 0 Å². The van der Waals surface area contributed by atoms with Gasteiger partial charge in [0.2, 0.25) is 0 Å². The molecular formula is C14H17N3S. The third kappa shape index (κ3) is 3.31. The zero-order chi connectivity index (χ0) is 12.8. The Labute approximate surface area is 112 Å². The molecule has 3 nitrogen and oxygen atoms in total. The Kier molecular flexibility index (Phi) is 4.73. The molecule has 0 amide bonds. The van der Waals surface area contributed by atoms with E-state index in [1.807, 2.05) is 36.5 Å². The average molecular weight is 259 g/mol. The van der Waals surface area contributed by atoms with Gasteiger partial charge in [-0.25, -0.2) is 0 Å². The Morgan fingerprint density at radius 1 is 1.17 bits per heavy atom. The number of nitrogens with zero attached hydrogens (tertiary/aromatic N) is 2.